The van der Waals surface area contributed by atoms with Crippen molar-refractivity contribution in [3.05, 3.63) is 48.5 Å². The highest BCUT2D eigenvalue weighted by atomic mass is 16.1. The number of primary amides is 1. The Morgan fingerprint density at radius 3 is 2.86 bits per heavy atom. The highest BCUT2D eigenvalue weighted by Gasteiger charge is 2.26. The van der Waals surface area contributed by atoms with E-state index in [1.165, 1.54) is 5.56 Å². The van der Waals surface area contributed by atoms with Crippen LogP contribution in [-0.2, 0) is 11.3 Å². The van der Waals surface area contributed by atoms with Crippen molar-refractivity contribution in [1.82, 2.24) is 19.8 Å². The Morgan fingerprint density at radius 2 is 2.19 bits per heavy atom. The largest absolute Gasteiger partial charge is 0.368 e. The van der Waals surface area contributed by atoms with Crippen LogP contribution >= 0.6 is 0 Å². The van der Waals surface area contributed by atoms with Crippen LogP contribution in [0.1, 0.15) is 5.56 Å². The summed E-state index contributed by atoms with van der Waals surface area (Å²) >= 11 is 0. The monoisotopic (exact) mass is 285 g/mol. The van der Waals surface area contributed by atoms with Gasteiger partial charge in [-0.15, -0.1) is 0 Å². The van der Waals surface area contributed by atoms with Gasteiger partial charge in [0.25, 0.3) is 0 Å². The van der Waals surface area contributed by atoms with Crippen LogP contribution in [0.3, 0.4) is 0 Å². The number of piperazine rings is 1. The fourth-order valence-corrected chi connectivity index (χ4v) is 2.64. The molecule has 0 saturated carbocycles. The Balaban J connectivity index is 1.71. The number of imidazole rings is 1. The Bertz CT molecular complexity index is 593. The van der Waals surface area contributed by atoms with E-state index >= 15 is 0 Å². The van der Waals surface area contributed by atoms with Gasteiger partial charge in [0.15, 0.2) is 0 Å². The van der Waals surface area contributed by atoms with E-state index in [1.54, 1.807) is 12.5 Å². The molecule has 3 rings (SSSR count). The lowest BCUT2D eigenvalue weighted by Gasteiger charge is -2.34. The second-order valence-electron chi connectivity index (χ2n) is 5.23. The molecule has 3 N–H and O–H groups in total. The van der Waals surface area contributed by atoms with Crippen molar-refractivity contribution in [2.75, 3.05) is 19.6 Å². The van der Waals surface area contributed by atoms with Crippen molar-refractivity contribution in [2.45, 2.75) is 12.6 Å². The molecule has 2 heterocycles. The molecule has 1 unspecified atom stereocenters. The van der Waals surface area contributed by atoms with E-state index in [9.17, 15) is 4.79 Å². The topological polar surface area (TPSA) is 76.2 Å². The Labute approximate surface area is 123 Å². The van der Waals surface area contributed by atoms with Crippen molar-refractivity contribution in [1.29, 1.82) is 0 Å². The highest BCUT2D eigenvalue weighted by Crippen LogP contribution is 2.13. The van der Waals surface area contributed by atoms with Crippen molar-refractivity contribution in [2.24, 2.45) is 5.73 Å². The second-order valence-corrected chi connectivity index (χ2v) is 5.23. The number of nitrogens with two attached hydrogens (primary N) is 1. The number of hydrogen-bond acceptors (Lipinski definition) is 4. The molecule has 6 heteroatoms. The van der Waals surface area contributed by atoms with Crippen LogP contribution < -0.4 is 11.1 Å². The average molecular weight is 285 g/mol. The standard InChI is InChI=1S/C15H19N5O/c16-15(21)14-9-17-5-7-19(14)10-12-1-3-13(4-2-12)20-8-6-18-11-20/h1-4,6,8,11,14,17H,5,7,9-10H2,(H2,16,21). The van der Waals surface area contributed by atoms with Crippen LogP contribution in [0.15, 0.2) is 43.0 Å². The quantitative estimate of drug-likeness (QED) is 0.837. The van der Waals surface area contributed by atoms with Crippen LogP contribution in [0.25, 0.3) is 5.69 Å². The van der Waals surface area contributed by atoms with E-state index in [4.69, 9.17) is 5.73 Å². The van der Waals surface area contributed by atoms with Crippen LogP contribution in [0, 0.1) is 0 Å². The normalized spacial score (nSPS) is 19.5. The molecule has 1 aliphatic heterocycles. The molecule has 1 fully saturated rings. The first-order valence-electron chi connectivity index (χ1n) is 7.05. The summed E-state index contributed by atoms with van der Waals surface area (Å²) in [6.45, 7) is 3.08. The van der Waals surface area contributed by atoms with Gasteiger partial charge in [0, 0.05) is 44.3 Å². The fourth-order valence-electron chi connectivity index (χ4n) is 2.64. The maximum atomic E-state index is 11.5. The van der Waals surface area contributed by atoms with Gasteiger partial charge in [-0.3, -0.25) is 9.69 Å². The second kappa shape index (κ2) is 6.07. The summed E-state index contributed by atoms with van der Waals surface area (Å²) in [5.74, 6) is -0.266. The number of nitrogens with zero attached hydrogens (tertiary/aromatic N) is 3. The number of carbonyl (C=O) groups is 1. The molecule has 21 heavy (non-hydrogen) atoms. The molecule has 0 radical (unpaired) electrons. The van der Waals surface area contributed by atoms with E-state index in [2.05, 4.69) is 39.5 Å². The number of rotatable bonds is 4. The van der Waals surface area contributed by atoms with E-state index in [1.807, 2.05) is 10.8 Å². The fraction of sp³-hybridized carbons (Fsp3) is 0.333. The minimum Gasteiger partial charge on any atom is -0.368 e. The van der Waals surface area contributed by atoms with Crippen molar-refractivity contribution in [3.63, 3.8) is 0 Å². The number of amides is 1. The highest BCUT2D eigenvalue weighted by molar-refractivity contribution is 5.80. The zero-order valence-electron chi connectivity index (χ0n) is 11.8. The maximum Gasteiger partial charge on any atom is 0.236 e. The van der Waals surface area contributed by atoms with Crippen molar-refractivity contribution < 1.29 is 4.79 Å². The predicted molar refractivity (Wildman–Crippen MR) is 79.8 cm³/mol. The van der Waals surface area contributed by atoms with Gasteiger partial charge in [-0.2, -0.15) is 0 Å². The molecule has 0 aliphatic carbocycles. The predicted octanol–water partition coefficient (Wildman–Crippen LogP) is 0.131. The Hall–Kier alpha value is -2.18. The zero-order valence-corrected chi connectivity index (χ0v) is 11.8. The third kappa shape index (κ3) is 3.12. The molecule has 1 amide bonds. The molecule has 1 aliphatic rings. The summed E-state index contributed by atoms with van der Waals surface area (Å²) in [6.07, 6.45) is 5.44. The van der Waals surface area contributed by atoms with Crippen LogP contribution in [-0.4, -0.2) is 46.0 Å². The van der Waals surface area contributed by atoms with Gasteiger partial charge in [0.05, 0.1) is 6.33 Å². The van der Waals surface area contributed by atoms with Gasteiger partial charge < -0.3 is 15.6 Å². The number of benzene rings is 1. The average Bonchev–Trinajstić information content (AvgIpc) is 3.03. The Kier molecular flexibility index (Phi) is 3.98. The smallest absolute Gasteiger partial charge is 0.236 e. The van der Waals surface area contributed by atoms with Crippen LogP contribution in [0.4, 0.5) is 0 Å². The molecular formula is C15H19N5O. The van der Waals surface area contributed by atoms with E-state index in [-0.39, 0.29) is 11.9 Å². The molecule has 0 bridgehead atoms. The maximum absolute atomic E-state index is 11.5. The minimum absolute atomic E-state index is 0.230. The first-order chi connectivity index (χ1) is 10.2. The Morgan fingerprint density at radius 1 is 1.38 bits per heavy atom. The SMILES string of the molecule is NC(=O)C1CNCCN1Cc1ccc(-n2ccnc2)cc1. The molecule has 0 spiro atoms. The van der Waals surface area contributed by atoms with Crippen molar-refractivity contribution in [3.8, 4) is 5.69 Å². The number of carbonyl (C=O) groups excluding carboxylic acids is 1. The molecule has 1 atom stereocenters. The van der Waals surface area contributed by atoms with Crippen LogP contribution in [0.2, 0.25) is 0 Å². The van der Waals surface area contributed by atoms with Gasteiger partial charge in [-0.05, 0) is 17.7 Å². The molecule has 2 aromatic rings. The van der Waals surface area contributed by atoms with Crippen molar-refractivity contribution >= 4 is 5.91 Å². The summed E-state index contributed by atoms with van der Waals surface area (Å²) in [7, 11) is 0. The third-order valence-corrected chi connectivity index (χ3v) is 3.81. The van der Waals surface area contributed by atoms with Gasteiger partial charge in [0.2, 0.25) is 5.91 Å². The zero-order chi connectivity index (χ0) is 14.7. The van der Waals surface area contributed by atoms with Gasteiger partial charge in [-0.1, -0.05) is 12.1 Å². The van der Waals surface area contributed by atoms with Crippen LogP contribution in [0.5, 0.6) is 0 Å². The third-order valence-electron chi connectivity index (χ3n) is 3.81. The molecule has 110 valence electrons. The van der Waals surface area contributed by atoms with E-state index < -0.39 is 0 Å². The van der Waals surface area contributed by atoms with Gasteiger partial charge >= 0.3 is 0 Å². The number of aromatic nitrogens is 2. The lowest BCUT2D eigenvalue weighted by atomic mass is 10.1. The van der Waals surface area contributed by atoms with E-state index in [0.717, 1.165) is 25.3 Å². The molecule has 6 nitrogen and oxygen atoms in total. The summed E-state index contributed by atoms with van der Waals surface area (Å²) in [4.78, 5) is 17.7. The first-order valence-corrected chi connectivity index (χ1v) is 7.05. The summed E-state index contributed by atoms with van der Waals surface area (Å²) in [6, 6.07) is 8.04. The molecule has 1 aromatic heterocycles. The summed E-state index contributed by atoms with van der Waals surface area (Å²) in [5, 5.41) is 3.21. The van der Waals surface area contributed by atoms with Gasteiger partial charge in [0.1, 0.15) is 6.04 Å². The number of hydrogen-bond donors (Lipinski definition) is 2. The first kappa shape index (κ1) is 13.8. The minimum atomic E-state index is -0.266. The summed E-state index contributed by atoms with van der Waals surface area (Å²) in [5.41, 5.74) is 7.71. The lowest BCUT2D eigenvalue weighted by molar-refractivity contribution is -0.124. The number of nitrogens with one attached hydrogen (secondary N) is 1. The van der Waals surface area contributed by atoms with Gasteiger partial charge in [-0.25, -0.2) is 4.98 Å². The van der Waals surface area contributed by atoms with E-state index in [0.29, 0.717) is 6.54 Å². The molecule has 1 aromatic carbocycles. The summed E-state index contributed by atoms with van der Waals surface area (Å²) < 4.78 is 1.96. The lowest BCUT2D eigenvalue weighted by Crippen LogP contribution is -2.56. The molecule has 1 saturated heterocycles. The molecular weight excluding hydrogens is 266 g/mol.